The minimum atomic E-state index is -1.60. The van der Waals surface area contributed by atoms with E-state index in [1.165, 1.54) is 17.3 Å². The first kappa shape index (κ1) is 34.0. The number of fused-ring (bicyclic) bond motifs is 3. The van der Waals surface area contributed by atoms with E-state index in [-0.39, 0.29) is 48.1 Å². The van der Waals surface area contributed by atoms with E-state index >= 15 is 8.78 Å². The fourth-order valence-corrected chi connectivity index (χ4v) is 8.47. The Labute approximate surface area is 301 Å². The first-order valence-electron chi connectivity index (χ1n) is 17.0. The average molecular weight is 728 g/mol. The summed E-state index contributed by atoms with van der Waals surface area (Å²) in [5.74, 6) is -0.00923. The van der Waals surface area contributed by atoms with Gasteiger partial charge in [-0.3, -0.25) is 14.7 Å². The number of nitrogens with zero attached hydrogens (tertiary/aromatic N) is 7. The summed E-state index contributed by atoms with van der Waals surface area (Å²) in [5.41, 5.74) is 0.369. The van der Waals surface area contributed by atoms with Crippen LogP contribution in [0.2, 0.25) is 0 Å². The van der Waals surface area contributed by atoms with Gasteiger partial charge in [0.25, 0.3) is 5.91 Å². The molecule has 6 heterocycles. The third-order valence-corrected chi connectivity index (χ3v) is 11.2. The van der Waals surface area contributed by atoms with Gasteiger partial charge >= 0.3 is 6.01 Å². The summed E-state index contributed by atoms with van der Waals surface area (Å²) in [6, 6.07) is 9.71. The van der Waals surface area contributed by atoms with Gasteiger partial charge in [0.1, 0.15) is 41.0 Å². The van der Waals surface area contributed by atoms with Crippen molar-refractivity contribution in [3.8, 4) is 29.6 Å². The summed E-state index contributed by atoms with van der Waals surface area (Å²) in [6.07, 6.45) is 9.10. The molecular formula is C38H33F4N7O2S. The van der Waals surface area contributed by atoms with Crippen molar-refractivity contribution in [2.75, 3.05) is 44.7 Å². The van der Waals surface area contributed by atoms with Crippen LogP contribution in [0.3, 0.4) is 0 Å². The molecule has 0 saturated carbocycles. The molecule has 14 heteroatoms. The molecule has 0 spiro atoms. The van der Waals surface area contributed by atoms with Crippen molar-refractivity contribution in [2.24, 2.45) is 0 Å². The van der Waals surface area contributed by atoms with Crippen LogP contribution in [0.5, 0.6) is 6.01 Å². The Kier molecular flexibility index (Phi) is 8.79. The molecule has 5 aromatic rings. The van der Waals surface area contributed by atoms with Gasteiger partial charge in [0.15, 0.2) is 11.6 Å². The van der Waals surface area contributed by atoms with Crippen molar-refractivity contribution in [3.05, 3.63) is 76.4 Å². The smallest absolute Gasteiger partial charge is 0.319 e. The van der Waals surface area contributed by atoms with Gasteiger partial charge in [-0.25, -0.2) is 22.5 Å². The fourth-order valence-electron chi connectivity index (χ4n) is 7.91. The van der Waals surface area contributed by atoms with E-state index in [2.05, 4.69) is 30.8 Å². The van der Waals surface area contributed by atoms with E-state index in [1.807, 2.05) is 18.2 Å². The Hall–Kier alpha value is -5.13. The number of amides is 1. The van der Waals surface area contributed by atoms with Crippen LogP contribution in [-0.2, 0) is 4.79 Å². The van der Waals surface area contributed by atoms with E-state index in [0.29, 0.717) is 34.5 Å². The zero-order chi connectivity index (χ0) is 36.1. The second kappa shape index (κ2) is 13.4. The van der Waals surface area contributed by atoms with Gasteiger partial charge in [-0.1, -0.05) is 36.3 Å². The quantitative estimate of drug-likeness (QED) is 0.104. The molecule has 0 unspecified atom stereocenters. The zero-order valence-corrected chi connectivity index (χ0v) is 28.9. The van der Waals surface area contributed by atoms with Crippen molar-refractivity contribution >= 4 is 50.8 Å². The number of carbonyl (C=O) groups is 1. The zero-order valence-electron chi connectivity index (χ0n) is 28.1. The first-order valence-corrected chi connectivity index (χ1v) is 17.8. The van der Waals surface area contributed by atoms with Crippen LogP contribution in [0.1, 0.15) is 29.8 Å². The highest BCUT2D eigenvalue weighted by Gasteiger charge is 2.49. The lowest BCUT2D eigenvalue weighted by molar-refractivity contribution is -0.127. The van der Waals surface area contributed by atoms with Gasteiger partial charge in [0, 0.05) is 66.9 Å². The van der Waals surface area contributed by atoms with E-state index in [4.69, 9.17) is 11.2 Å². The number of benzene rings is 2. The van der Waals surface area contributed by atoms with Crippen LogP contribution in [0.4, 0.5) is 23.4 Å². The summed E-state index contributed by atoms with van der Waals surface area (Å²) in [5, 5.41) is 3.58. The van der Waals surface area contributed by atoms with Crippen molar-refractivity contribution in [1.29, 1.82) is 0 Å². The van der Waals surface area contributed by atoms with Gasteiger partial charge in [-0.2, -0.15) is 9.97 Å². The first-order chi connectivity index (χ1) is 25.2. The maximum atomic E-state index is 16.9. The summed E-state index contributed by atoms with van der Waals surface area (Å²) < 4.78 is 68.4. The molecule has 3 aromatic heterocycles. The lowest BCUT2D eigenvalue weighted by atomic mass is 9.95. The van der Waals surface area contributed by atoms with Crippen LogP contribution >= 0.6 is 11.3 Å². The molecular weight excluding hydrogens is 695 g/mol. The Morgan fingerprint density at radius 1 is 1.17 bits per heavy atom. The standard InChI is InChI=1S/C38H33F4N7O2S/c1-3-22-7-4-8-23-9-5-10-25(31(22)23)33-32(42)34-26(17-44-33)35(46-37(45-34)51-21-38-11-6-13-49(38)18-24(39)16-38)47(2)29-20-48(19-28(29)41)36(50)27(40)15-30-43-12-14-52-30/h1,4-5,7-10,12,14-15,17,24,28-29H,6,11,13,16,18-21H2,2H3/b27-15-/t24-,28-,29+,38+/m1/s1. The average Bonchev–Trinajstić information content (AvgIpc) is 3.94. The van der Waals surface area contributed by atoms with Crippen molar-refractivity contribution in [2.45, 2.75) is 43.2 Å². The molecule has 266 valence electrons. The number of aromatic nitrogens is 4. The molecule has 2 aromatic carbocycles. The van der Waals surface area contributed by atoms with Crippen molar-refractivity contribution < 1.29 is 27.1 Å². The van der Waals surface area contributed by atoms with Gasteiger partial charge in [0.05, 0.1) is 23.5 Å². The second-order valence-corrected chi connectivity index (χ2v) is 14.4. The number of likely N-dealkylation sites (N-methyl/N-ethyl adjacent to an activating group) is 1. The number of rotatable bonds is 8. The Bertz CT molecular complexity index is 2260. The highest BCUT2D eigenvalue weighted by Crippen LogP contribution is 2.41. The van der Waals surface area contributed by atoms with E-state index in [0.717, 1.165) is 47.1 Å². The number of thiazole rings is 1. The molecule has 0 aliphatic carbocycles. The predicted molar refractivity (Wildman–Crippen MR) is 192 cm³/mol. The van der Waals surface area contributed by atoms with Crippen LogP contribution in [0.25, 0.3) is 39.0 Å². The van der Waals surface area contributed by atoms with Crippen LogP contribution in [0, 0.1) is 18.2 Å². The lowest BCUT2D eigenvalue weighted by Gasteiger charge is -2.31. The molecule has 3 aliphatic rings. The molecule has 1 amide bonds. The number of pyridine rings is 1. The van der Waals surface area contributed by atoms with Gasteiger partial charge in [0.2, 0.25) is 0 Å². The molecule has 52 heavy (non-hydrogen) atoms. The summed E-state index contributed by atoms with van der Waals surface area (Å²) in [7, 11) is 1.57. The van der Waals surface area contributed by atoms with Gasteiger partial charge in [-0.15, -0.1) is 17.8 Å². The number of alkyl halides is 2. The molecule has 0 N–H and O–H groups in total. The molecule has 4 atom stereocenters. The Morgan fingerprint density at radius 3 is 2.79 bits per heavy atom. The number of terminal acetylenes is 1. The minimum absolute atomic E-state index is 0.000761. The highest BCUT2D eigenvalue weighted by molar-refractivity contribution is 7.10. The molecule has 8 rings (SSSR count). The van der Waals surface area contributed by atoms with E-state index in [1.54, 1.807) is 30.6 Å². The molecule has 3 fully saturated rings. The summed E-state index contributed by atoms with van der Waals surface area (Å²) in [4.78, 5) is 35.3. The number of hydrogen-bond acceptors (Lipinski definition) is 9. The second-order valence-electron chi connectivity index (χ2n) is 13.5. The minimum Gasteiger partial charge on any atom is -0.461 e. The number of halogens is 4. The Balaban J connectivity index is 1.19. The topological polar surface area (TPSA) is 87.6 Å². The van der Waals surface area contributed by atoms with Crippen molar-refractivity contribution in [3.63, 3.8) is 0 Å². The Morgan fingerprint density at radius 2 is 2.00 bits per heavy atom. The number of ether oxygens (including phenoxy) is 1. The third-order valence-electron chi connectivity index (χ3n) is 10.4. The number of carbonyl (C=O) groups excluding carboxylic acids is 1. The van der Waals surface area contributed by atoms with Crippen LogP contribution in [-0.4, -0.2) is 99.4 Å². The number of likely N-dealkylation sites (tertiary alicyclic amines) is 1. The highest BCUT2D eigenvalue weighted by atomic mass is 32.1. The number of anilines is 1. The molecule has 3 saturated heterocycles. The van der Waals surface area contributed by atoms with Gasteiger partial charge < -0.3 is 14.5 Å². The maximum absolute atomic E-state index is 16.9. The summed E-state index contributed by atoms with van der Waals surface area (Å²) >= 11 is 1.16. The third kappa shape index (κ3) is 5.91. The number of hydrogen-bond donors (Lipinski definition) is 0. The lowest BCUT2D eigenvalue weighted by Crippen LogP contribution is -2.43. The van der Waals surface area contributed by atoms with Crippen LogP contribution < -0.4 is 9.64 Å². The normalized spacial score (nSPS) is 23.3. The van der Waals surface area contributed by atoms with Crippen LogP contribution in [0.15, 0.2) is 60.0 Å². The maximum Gasteiger partial charge on any atom is 0.319 e. The monoisotopic (exact) mass is 727 g/mol. The summed E-state index contributed by atoms with van der Waals surface area (Å²) in [6.45, 7) is 0.611. The molecule has 0 radical (unpaired) electrons. The SMILES string of the molecule is C#Cc1cccc2cccc(-c3ncc4c(N(C)[C@H]5CN(C(=O)/C(F)=C/c6nccs6)C[C@H]5F)nc(OC[C@@]56CCCN5C[C@H](F)C6)nc4c3F)c12. The predicted octanol–water partition coefficient (Wildman–Crippen LogP) is 6.37. The molecule has 0 bridgehead atoms. The van der Waals surface area contributed by atoms with Gasteiger partial charge in [-0.05, 0) is 30.8 Å². The molecule has 9 nitrogen and oxygen atoms in total. The largest absolute Gasteiger partial charge is 0.461 e. The fraction of sp³-hybridized carbons (Fsp3) is 0.342. The molecule has 3 aliphatic heterocycles. The van der Waals surface area contributed by atoms with Crippen molar-refractivity contribution in [1.82, 2.24) is 29.7 Å². The van der Waals surface area contributed by atoms with E-state index in [9.17, 15) is 13.6 Å². The van der Waals surface area contributed by atoms with E-state index < -0.39 is 41.5 Å².